The number of aryl methyl sites for hydroxylation is 1. The molecule has 5 nitrogen and oxygen atoms in total. The topological polar surface area (TPSA) is 60.6 Å². The van der Waals surface area contributed by atoms with Crippen LogP contribution in [-0.2, 0) is 13.0 Å². The summed E-state index contributed by atoms with van der Waals surface area (Å²) in [4.78, 5) is 9.27. The Labute approximate surface area is 171 Å². The molecule has 2 N–H and O–H groups in total. The number of aromatic amines is 2. The Morgan fingerprint density at radius 3 is 2.69 bits per heavy atom. The third-order valence-corrected chi connectivity index (χ3v) is 6.07. The first-order valence-corrected chi connectivity index (χ1v) is 10.5. The molecule has 4 aromatic rings. The average Bonchev–Trinajstić information content (AvgIpc) is 3.36. The van der Waals surface area contributed by atoms with E-state index in [1.54, 1.807) is 0 Å². The number of hydrogen-bond donors (Lipinski definition) is 2. The fourth-order valence-electron chi connectivity index (χ4n) is 4.43. The molecule has 1 saturated heterocycles. The van der Waals surface area contributed by atoms with Gasteiger partial charge in [-0.2, -0.15) is 0 Å². The van der Waals surface area contributed by atoms with Gasteiger partial charge < -0.3 is 9.97 Å². The summed E-state index contributed by atoms with van der Waals surface area (Å²) >= 11 is 0. The summed E-state index contributed by atoms with van der Waals surface area (Å²) in [7, 11) is 0. The first-order valence-electron chi connectivity index (χ1n) is 10.5. The Bertz CT molecular complexity index is 1090. The lowest BCUT2D eigenvalue weighted by Gasteiger charge is -2.31. The second kappa shape index (κ2) is 7.84. The van der Waals surface area contributed by atoms with Crippen molar-refractivity contribution in [3.05, 3.63) is 71.7 Å². The van der Waals surface area contributed by atoms with E-state index >= 15 is 0 Å². The minimum atomic E-state index is 0.786. The van der Waals surface area contributed by atoms with Crippen molar-refractivity contribution in [2.45, 2.75) is 32.7 Å². The van der Waals surface area contributed by atoms with Crippen molar-refractivity contribution in [2.75, 3.05) is 13.1 Å². The van der Waals surface area contributed by atoms with Crippen LogP contribution in [0.4, 0.5) is 0 Å². The van der Waals surface area contributed by atoms with E-state index in [1.165, 1.54) is 35.8 Å². The molecule has 2 aromatic carbocycles. The van der Waals surface area contributed by atoms with Gasteiger partial charge in [-0.25, -0.2) is 0 Å². The van der Waals surface area contributed by atoms with Gasteiger partial charge in [-0.3, -0.25) is 4.90 Å². The number of likely N-dealkylation sites (tertiary alicyclic amines) is 1. The van der Waals surface area contributed by atoms with E-state index in [4.69, 9.17) is 0 Å². The van der Waals surface area contributed by atoms with Gasteiger partial charge in [-0.15, -0.1) is 10.2 Å². The zero-order valence-electron chi connectivity index (χ0n) is 16.9. The highest BCUT2D eigenvalue weighted by Gasteiger charge is 2.21. The maximum atomic E-state index is 4.42. The molecule has 0 aliphatic carbocycles. The first kappa shape index (κ1) is 18.1. The molecule has 1 aliphatic rings. The third kappa shape index (κ3) is 3.96. The van der Waals surface area contributed by atoms with Crippen molar-refractivity contribution in [3.8, 4) is 11.4 Å². The molecule has 5 heteroatoms. The van der Waals surface area contributed by atoms with E-state index in [1.807, 2.05) is 6.20 Å². The number of aromatic nitrogens is 4. The lowest BCUT2D eigenvalue weighted by molar-refractivity contribution is 0.173. The van der Waals surface area contributed by atoms with Crippen molar-refractivity contribution in [1.82, 2.24) is 25.1 Å². The van der Waals surface area contributed by atoms with Crippen LogP contribution in [0.1, 0.15) is 29.8 Å². The van der Waals surface area contributed by atoms with Gasteiger partial charge in [0.1, 0.15) is 5.82 Å². The quantitative estimate of drug-likeness (QED) is 0.523. The van der Waals surface area contributed by atoms with Crippen LogP contribution in [-0.4, -0.2) is 38.2 Å². The monoisotopic (exact) mass is 385 g/mol. The Kier molecular flexibility index (Phi) is 4.90. The van der Waals surface area contributed by atoms with Crippen molar-refractivity contribution in [2.24, 2.45) is 5.92 Å². The number of H-pyrrole nitrogens is 2. The summed E-state index contributed by atoms with van der Waals surface area (Å²) in [5.41, 5.74) is 4.93. The summed E-state index contributed by atoms with van der Waals surface area (Å²) in [5.74, 6) is 2.57. The standard InChI is InChI=1S/C24H27N5/c1-17-7-8-20-21(15-25-22(20)13-17)24-26-23(27-28-24)16-29-11-9-19(10-12-29)14-18-5-3-2-4-6-18/h2-8,13,15,19,25H,9-12,14,16H2,1H3,(H,26,27,28). The van der Waals surface area contributed by atoms with Crippen LogP contribution in [0.25, 0.3) is 22.3 Å². The molecular weight excluding hydrogens is 358 g/mol. The average molecular weight is 386 g/mol. The molecular formula is C24H27N5. The molecule has 0 bridgehead atoms. The van der Waals surface area contributed by atoms with E-state index in [0.717, 1.165) is 48.3 Å². The summed E-state index contributed by atoms with van der Waals surface area (Å²) in [6, 6.07) is 17.3. The number of benzene rings is 2. The highest BCUT2D eigenvalue weighted by atomic mass is 15.3. The minimum Gasteiger partial charge on any atom is -0.360 e. The van der Waals surface area contributed by atoms with Crippen molar-refractivity contribution in [1.29, 1.82) is 0 Å². The number of hydrogen-bond acceptors (Lipinski definition) is 3. The van der Waals surface area contributed by atoms with Crippen LogP contribution >= 0.6 is 0 Å². The molecule has 1 aliphatic heterocycles. The molecule has 2 aromatic heterocycles. The Morgan fingerprint density at radius 2 is 1.86 bits per heavy atom. The number of piperidine rings is 1. The molecule has 0 atom stereocenters. The van der Waals surface area contributed by atoms with Gasteiger partial charge >= 0.3 is 0 Å². The summed E-state index contributed by atoms with van der Waals surface area (Å²) in [6.07, 6.45) is 5.71. The number of rotatable bonds is 5. The SMILES string of the molecule is Cc1ccc2c(-c3nnc(CN4CCC(Cc5ccccc5)CC4)[nH]3)c[nH]c2c1. The number of nitrogens with zero attached hydrogens (tertiary/aromatic N) is 3. The molecule has 0 radical (unpaired) electrons. The van der Waals surface area contributed by atoms with Crippen LogP contribution < -0.4 is 0 Å². The van der Waals surface area contributed by atoms with Gasteiger partial charge in [0.2, 0.25) is 0 Å². The summed E-state index contributed by atoms with van der Waals surface area (Å²) < 4.78 is 0. The molecule has 0 spiro atoms. The molecule has 0 saturated carbocycles. The van der Waals surface area contributed by atoms with Crippen molar-refractivity contribution < 1.29 is 0 Å². The Morgan fingerprint density at radius 1 is 1.03 bits per heavy atom. The van der Waals surface area contributed by atoms with Crippen LogP contribution in [0.3, 0.4) is 0 Å². The lowest BCUT2D eigenvalue weighted by atomic mass is 9.90. The van der Waals surface area contributed by atoms with Crippen LogP contribution in [0, 0.1) is 12.8 Å². The van der Waals surface area contributed by atoms with Crippen molar-refractivity contribution in [3.63, 3.8) is 0 Å². The third-order valence-electron chi connectivity index (χ3n) is 6.07. The zero-order valence-corrected chi connectivity index (χ0v) is 16.9. The summed E-state index contributed by atoms with van der Waals surface area (Å²) in [6.45, 7) is 5.20. The fourth-order valence-corrected chi connectivity index (χ4v) is 4.43. The predicted molar refractivity (Wildman–Crippen MR) is 117 cm³/mol. The van der Waals surface area contributed by atoms with Crippen LogP contribution in [0.5, 0.6) is 0 Å². The molecule has 5 rings (SSSR count). The van der Waals surface area contributed by atoms with E-state index in [2.05, 4.69) is 80.5 Å². The molecule has 1 fully saturated rings. The maximum absolute atomic E-state index is 4.42. The van der Waals surface area contributed by atoms with Gasteiger partial charge in [-0.05, 0) is 62.4 Å². The lowest BCUT2D eigenvalue weighted by Crippen LogP contribution is -2.34. The normalized spacial score (nSPS) is 15.9. The fraction of sp³-hybridized carbons (Fsp3) is 0.333. The first-order chi connectivity index (χ1) is 14.2. The molecule has 0 amide bonds. The van der Waals surface area contributed by atoms with E-state index in [0.29, 0.717) is 0 Å². The molecule has 3 heterocycles. The highest BCUT2D eigenvalue weighted by Crippen LogP contribution is 2.27. The van der Waals surface area contributed by atoms with Gasteiger partial charge in [0.15, 0.2) is 5.82 Å². The highest BCUT2D eigenvalue weighted by molar-refractivity contribution is 5.94. The Hall–Kier alpha value is -2.92. The second-order valence-corrected chi connectivity index (χ2v) is 8.28. The maximum Gasteiger partial charge on any atom is 0.163 e. The van der Waals surface area contributed by atoms with Crippen LogP contribution in [0.15, 0.2) is 54.7 Å². The minimum absolute atomic E-state index is 0.786. The predicted octanol–water partition coefficient (Wildman–Crippen LogP) is 4.72. The van der Waals surface area contributed by atoms with Crippen LogP contribution in [0.2, 0.25) is 0 Å². The molecule has 0 unspecified atom stereocenters. The molecule has 29 heavy (non-hydrogen) atoms. The van der Waals surface area contributed by atoms with Gasteiger partial charge in [0, 0.05) is 22.7 Å². The van der Waals surface area contributed by atoms with Gasteiger partial charge in [-0.1, -0.05) is 42.5 Å². The van der Waals surface area contributed by atoms with Gasteiger partial charge in [0.05, 0.1) is 6.54 Å². The Balaban J connectivity index is 1.21. The second-order valence-electron chi connectivity index (χ2n) is 8.28. The van der Waals surface area contributed by atoms with Crippen molar-refractivity contribution >= 4 is 10.9 Å². The van der Waals surface area contributed by atoms with E-state index < -0.39 is 0 Å². The smallest absolute Gasteiger partial charge is 0.163 e. The number of nitrogens with one attached hydrogen (secondary N) is 2. The summed E-state index contributed by atoms with van der Waals surface area (Å²) in [5, 5.41) is 10.0. The van der Waals surface area contributed by atoms with E-state index in [9.17, 15) is 0 Å². The van der Waals surface area contributed by atoms with E-state index in [-0.39, 0.29) is 0 Å². The van der Waals surface area contributed by atoms with Gasteiger partial charge in [0.25, 0.3) is 0 Å². The number of fused-ring (bicyclic) bond motifs is 1. The molecule has 148 valence electrons. The largest absolute Gasteiger partial charge is 0.360 e. The zero-order chi connectivity index (χ0) is 19.6.